The number of rotatable bonds is 5. The molecule has 3 aromatic rings. The highest BCUT2D eigenvalue weighted by Gasteiger charge is 2.44. The Bertz CT molecular complexity index is 877. The molecule has 29 heavy (non-hydrogen) atoms. The molecule has 0 nitrogen and oxygen atoms in total. The van der Waals surface area contributed by atoms with Gasteiger partial charge in [0.2, 0.25) is 0 Å². The normalized spacial score (nSPS) is 9.97. The molecule has 0 aliphatic carbocycles. The number of hydrogen-bond acceptors (Lipinski definition) is 0. The van der Waals surface area contributed by atoms with Crippen LogP contribution in [0.4, 0.5) is 0 Å². The fourth-order valence-corrected chi connectivity index (χ4v) is 7.65. The number of benzene rings is 3. The summed E-state index contributed by atoms with van der Waals surface area (Å²) < 4.78 is 0. The van der Waals surface area contributed by atoms with Crippen LogP contribution >= 0.6 is 7.26 Å². The molecule has 0 N–H and O–H groups in total. The van der Waals surface area contributed by atoms with E-state index < -0.39 is 7.26 Å². The van der Waals surface area contributed by atoms with Crippen LogP contribution in [0, 0.1) is 23.7 Å². The molecule has 0 atom stereocenters. The van der Waals surface area contributed by atoms with Crippen LogP contribution in [0.25, 0.3) is 0 Å². The molecule has 0 radical (unpaired) electrons. The second kappa shape index (κ2) is 12.5. The Morgan fingerprint density at radius 2 is 1.00 bits per heavy atom. The highest BCUT2D eigenvalue weighted by molar-refractivity contribution is 7.95. The monoisotopic (exact) mass is 508 g/mol. The summed E-state index contributed by atoms with van der Waals surface area (Å²) in [6, 6.07) is 32.9. The quantitative estimate of drug-likeness (QED) is 0.282. The Labute approximate surface area is 193 Å². The molecule has 0 aromatic heterocycles. The molecule has 0 saturated heterocycles. The molecule has 3 aromatic carbocycles. The van der Waals surface area contributed by atoms with E-state index in [4.69, 9.17) is 0 Å². The van der Waals surface area contributed by atoms with Gasteiger partial charge in [0.15, 0.2) is 0 Å². The summed E-state index contributed by atoms with van der Waals surface area (Å²) in [7, 11) is -1.75. The SMILES string of the molecule is CCC#CCC#CCC[P+](c1ccccc1)(c1ccccc1)c1ccccc1.[I-]. The van der Waals surface area contributed by atoms with E-state index in [9.17, 15) is 0 Å². The standard InChI is InChI=1S/C27H26P.HI/c1-2-3-4-5-6-7-17-24-28(25-18-11-8-12-19-25,26-20-13-9-14-21-26)27-22-15-10-16-23-27;/h8-16,18-23H,2,5,17,24H2,1H3;1H/q+1;/p-1. The summed E-state index contributed by atoms with van der Waals surface area (Å²) in [4.78, 5) is 0. The van der Waals surface area contributed by atoms with Crippen molar-refractivity contribution < 1.29 is 24.0 Å². The second-order valence-electron chi connectivity index (χ2n) is 6.53. The minimum absolute atomic E-state index is 0. The van der Waals surface area contributed by atoms with Crippen molar-refractivity contribution in [2.24, 2.45) is 0 Å². The van der Waals surface area contributed by atoms with Gasteiger partial charge in [0, 0.05) is 12.8 Å². The molecule has 0 fully saturated rings. The number of halogens is 1. The third-order valence-electron chi connectivity index (χ3n) is 4.77. The Morgan fingerprint density at radius 1 is 0.586 bits per heavy atom. The van der Waals surface area contributed by atoms with E-state index in [0.29, 0.717) is 6.42 Å². The van der Waals surface area contributed by atoms with E-state index in [1.54, 1.807) is 0 Å². The first-order chi connectivity index (χ1) is 13.9. The lowest BCUT2D eigenvalue weighted by atomic mass is 10.3. The van der Waals surface area contributed by atoms with Crippen molar-refractivity contribution in [2.75, 3.05) is 6.16 Å². The van der Waals surface area contributed by atoms with Gasteiger partial charge in [-0.05, 0) is 36.4 Å². The number of hydrogen-bond donors (Lipinski definition) is 0. The highest BCUT2D eigenvalue weighted by atomic mass is 127. The van der Waals surface area contributed by atoms with Gasteiger partial charge in [0.05, 0.1) is 12.6 Å². The first-order valence-corrected chi connectivity index (χ1v) is 11.8. The van der Waals surface area contributed by atoms with Gasteiger partial charge in [-0.1, -0.05) is 79.3 Å². The first kappa shape index (κ1) is 23.2. The van der Waals surface area contributed by atoms with Gasteiger partial charge >= 0.3 is 0 Å². The predicted octanol–water partition coefficient (Wildman–Crippen LogP) is 2.18. The Balaban J connectivity index is 0.00000300. The summed E-state index contributed by atoms with van der Waals surface area (Å²) >= 11 is 0. The van der Waals surface area contributed by atoms with Crippen LogP contribution in [-0.4, -0.2) is 6.16 Å². The van der Waals surface area contributed by atoms with E-state index in [0.717, 1.165) is 19.0 Å². The van der Waals surface area contributed by atoms with Crippen molar-refractivity contribution >= 4 is 23.2 Å². The first-order valence-electron chi connectivity index (χ1n) is 9.84. The molecular weight excluding hydrogens is 482 g/mol. The van der Waals surface area contributed by atoms with E-state index in [2.05, 4.69) is 122 Å². The van der Waals surface area contributed by atoms with E-state index in [1.165, 1.54) is 15.9 Å². The summed E-state index contributed by atoms with van der Waals surface area (Å²) in [6.45, 7) is 2.07. The molecule has 0 aliphatic rings. The van der Waals surface area contributed by atoms with Crippen molar-refractivity contribution in [3.05, 3.63) is 91.0 Å². The molecule has 0 saturated carbocycles. The zero-order valence-electron chi connectivity index (χ0n) is 16.8. The fraction of sp³-hybridized carbons (Fsp3) is 0.185. The van der Waals surface area contributed by atoms with Crippen LogP contribution in [0.3, 0.4) is 0 Å². The summed E-state index contributed by atoms with van der Waals surface area (Å²) in [5.74, 6) is 12.8. The molecule has 0 amide bonds. The van der Waals surface area contributed by atoms with Crippen LogP contribution < -0.4 is 39.9 Å². The van der Waals surface area contributed by atoms with Gasteiger partial charge in [-0.15, -0.1) is 5.92 Å². The van der Waals surface area contributed by atoms with Crippen molar-refractivity contribution in [3.63, 3.8) is 0 Å². The van der Waals surface area contributed by atoms with Gasteiger partial charge in [-0.25, -0.2) is 0 Å². The predicted molar refractivity (Wildman–Crippen MR) is 125 cm³/mol. The third-order valence-corrected chi connectivity index (χ3v) is 9.20. The van der Waals surface area contributed by atoms with E-state index >= 15 is 0 Å². The van der Waals surface area contributed by atoms with Gasteiger partial charge in [0.25, 0.3) is 0 Å². The summed E-state index contributed by atoms with van der Waals surface area (Å²) in [6.07, 6.45) is 3.48. The molecule has 0 spiro atoms. The van der Waals surface area contributed by atoms with Gasteiger partial charge < -0.3 is 24.0 Å². The average Bonchev–Trinajstić information content (AvgIpc) is 2.78. The van der Waals surface area contributed by atoms with Gasteiger partial charge in [0.1, 0.15) is 23.2 Å². The lowest BCUT2D eigenvalue weighted by Crippen LogP contribution is -3.00. The summed E-state index contributed by atoms with van der Waals surface area (Å²) in [5, 5.41) is 4.25. The molecule has 3 rings (SSSR count). The minimum Gasteiger partial charge on any atom is -1.00 e. The second-order valence-corrected chi connectivity index (χ2v) is 10.1. The highest BCUT2D eigenvalue weighted by Crippen LogP contribution is 2.55. The topological polar surface area (TPSA) is 0 Å². The molecule has 146 valence electrons. The van der Waals surface area contributed by atoms with Crippen LogP contribution in [-0.2, 0) is 0 Å². The van der Waals surface area contributed by atoms with Crippen LogP contribution in [0.2, 0.25) is 0 Å². The van der Waals surface area contributed by atoms with Gasteiger partial charge in [-0.2, -0.15) is 0 Å². The Kier molecular flexibility index (Phi) is 10.0. The minimum atomic E-state index is -1.75. The van der Waals surface area contributed by atoms with Crippen molar-refractivity contribution in [2.45, 2.75) is 26.2 Å². The van der Waals surface area contributed by atoms with E-state index in [1.807, 2.05) is 0 Å². The average molecular weight is 508 g/mol. The van der Waals surface area contributed by atoms with Crippen molar-refractivity contribution in [1.82, 2.24) is 0 Å². The lowest BCUT2D eigenvalue weighted by molar-refractivity contribution is -0.00000550. The smallest absolute Gasteiger partial charge is 0.113 e. The Morgan fingerprint density at radius 3 is 1.41 bits per heavy atom. The van der Waals surface area contributed by atoms with Crippen LogP contribution in [0.5, 0.6) is 0 Å². The largest absolute Gasteiger partial charge is 1.00 e. The maximum Gasteiger partial charge on any atom is 0.113 e. The molecule has 0 bridgehead atoms. The van der Waals surface area contributed by atoms with Gasteiger partial charge in [-0.3, -0.25) is 0 Å². The third kappa shape index (κ3) is 5.96. The zero-order chi connectivity index (χ0) is 19.5. The summed E-state index contributed by atoms with van der Waals surface area (Å²) in [5.41, 5.74) is 0. The molecule has 2 heteroatoms. The molecule has 0 unspecified atom stereocenters. The molecule has 0 aliphatic heterocycles. The lowest BCUT2D eigenvalue weighted by Gasteiger charge is -2.27. The van der Waals surface area contributed by atoms with Crippen LogP contribution in [0.1, 0.15) is 26.2 Å². The maximum atomic E-state index is 3.38. The van der Waals surface area contributed by atoms with Crippen molar-refractivity contribution in [3.8, 4) is 23.7 Å². The Hall–Kier alpha value is -2.06. The zero-order valence-corrected chi connectivity index (χ0v) is 19.9. The molecule has 0 heterocycles. The van der Waals surface area contributed by atoms with E-state index in [-0.39, 0.29) is 24.0 Å². The van der Waals surface area contributed by atoms with Crippen LogP contribution in [0.15, 0.2) is 91.0 Å². The fourth-order valence-electron chi connectivity index (χ4n) is 3.49. The molecular formula is C27H26IP. The maximum absolute atomic E-state index is 3.38. The van der Waals surface area contributed by atoms with Crippen molar-refractivity contribution in [1.29, 1.82) is 0 Å².